The number of aromatic nitrogens is 1. The minimum absolute atomic E-state index is 0.103. The fourth-order valence-corrected chi connectivity index (χ4v) is 3.86. The summed E-state index contributed by atoms with van der Waals surface area (Å²) in [6.07, 6.45) is 4.51. The van der Waals surface area contributed by atoms with Crippen molar-refractivity contribution < 1.29 is 4.79 Å². The molecule has 1 aliphatic rings. The molecule has 0 atom stereocenters. The molecular formula is C22H29N5O. The second kappa shape index (κ2) is 9.03. The second-order valence-corrected chi connectivity index (χ2v) is 7.68. The van der Waals surface area contributed by atoms with Crippen molar-refractivity contribution in [1.82, 2.24) is 15.2 Å². The molecule has 2 aromatic rings. The van der Waals surface area contributed by atoms with E-state index in [9.17, 15) is 10.1 Å². The van der Waals surface area contributed by atoms with Crippen LogP contribution in [0.3, 0.4) is 0 Å². The van der Waals surface area contributed by atoms with Gasteiger partial charge in [0.2, 0.25) is 5.91 Å². The summed E-state index contributed by atoms with van der Waals surface area (Å²) >= 11 is 0. The SMILES string of the molecule is CCCNC(=O)CN1CCC(Nc2c(C#N)cnc3c(C)cc(C)cc23)CC1. The van der Waals surface area contributed by atoms with Crippen LogP contribution in [-0.4, -0.2) is 48.0 Å². The zero-order chi connectivity index (χ0) is 20.1. The van der Waals surface area contributed by atoms with Crippen LogP contribution in [0.2, 0.25) is 0 Å². The van der Waals surface area contributed by atoms with Crippen LogP contribution in [0.1, 0.15) is 42.9 Å². The van der Waals surface area contributed by atoms with Gasteiger partial charge in [0.1, 0.15) is 6.07 Å². The normalized spacial score (nSPS) is 15.4. The van der Waals surface area contributed by atoms with Crippen molar-refractivity contribution in [2.24, 2.45) is 0 Å². The Morgan fingerprint density at radius 3 is 2.75 bits per heavy atom. The highest BCUT2D eigenvalue weighted by Gasteiger charge is 2.22. The van der Waals surface area contributed by atoms with E-state index in [1.165, 1.54) is 0 Å². The zero-order valence-corrected chi connectivity index (χ0v) is 17.0. The number of likely N-dealkylation sites (tertiary alicyclic amines) is 1. The van der Waals surface area contributed by atoms with Gasteiger partial charge in [-0.05, 0) is 44.7 Å². The first-order valence-electron chi connectivity index (χ1n) is 10.1. The number of nitriles is 1. The number of rotatable bonds is 6. The first kappa shape index (κ1) is 20.1. The molecule has 1 saturated heterocycles. The molecular weight excluding hydrogens is 350 g/mol. The third kappa shape index (κ3) is 4.60. The molecule has 3 rings (SSSR count). The fraction of sp³-hybridized carbons (Fsp3) is 0.500. The highest BCUT2D eigenvalue weighted by atomic mass is 16.2. The van der Waals surface area contributed by atoms with E-state index in [0.29, 0.717) is 12.1 Å². The van der Waals surface area contributed by atoms with Crippen LogP contribution in [0.5, 0.6) is 0 Å². The van der Waals surface area contributed by atoms with Gasteiger partial charge in [-0.1, -0.05) is 18.6 Å². The Hall–Kier alpha value is -2.65. The monoisotopic (exact) mass is 379 g/mol. The van der Waals surface area contributed by atoms with Gasteiger partial charge in [-0.2, -0.15) is 5.26 Å². The summed E-state index contributed by atoms with van der Waals surface area (Å²) in [4.78, 5) is 18.6. The molecule has 1 aliphatic heterocycles. The molecule has 148 valence electrons. The van der Waals surface area contributed by atoms with Crippen LogP contribution in [0.15, 0.2) is 18.3 Å². The van der Waals surface area contributed by atoms with E-state index in [-0.39, 0.29) is 11.9 Å². The third-order valence-corrected chi connectivity index (χ3v) is 5.30. The summed E-state index contributed by atoms with van der Waals surface area (Å²) in [5, 5.41) is 17.1. The maximum atomic E-state index is 11.9. The predicted octanol–water partition coefficient (Wildman–Crippen LogP) is 3.13. The van der Waals surface area contributed by atoms with Crippen molar-refractivity contribution in [2.45, 2.75) is 46.1 Å². The lowest BCUT2D eigenvalue weighted by Crippen LogP contribution is -2.44. The molecule has 0 bridgehead atoms. The van der Waals surface area contributed by atoms with Crippen molar-refractivity contribution in [1.29, 1.82) is 5.26 Å². The van der Waals surface area contributed by atoms with Crippen LogP contribution >= 0.6 is 0 Å². The van der Waals surface area contributed by atoms with E-state index in [4.69, 9.17) is 0 Å². The van der Waals surface area contributed by atoms with Crippen LogP contribution in [0.4, 0.5) is 5.69 Å². The Morgan fingerprint density at radius 2 is 2.07 bits per heavy atom. The van der Waals surface area contributed by atoms with Crippen molar-refractivity contribution in [3.05, 3.63) is 35.0 Å². The number of benzene rings is 1. The largest absolute Gasteiger partial charge is 0.381 e. The number of anilines is 1. The number of amides is 1. The number of nitrogens with zero attached hydrogens (tertiary/aromatic N) is 3. The number of aryl methyl sites for hydroxylation is 2. The molecule has 0 aliphatic carbocycles. The number of hydrogen-bond acceptors (Lipinski definition) is 5. The van der Waals surface area contributed by atoms with Gasteiger partial charge >= 0.3 is 0 Å². The van der Waals surface area contributed by atoms with Gasteiger partial charge in [-0.25, -0.2) is 0 Å². The van der Waals surface area contributed by atoms with Crippen molar-refractivity contribution >= 4 is 22.5 Å². The van der Waals surface area contributed by atoms with Crippen molar-refractivity contribution in [2.75, 3.05) is 31.5 Å². The second-order valence-electron chi connectivity index (χ2n) is 7.68. The standard InChI is InChI=1S/C22H29N5O/c1-4-7-24-20(28)14-27-8-5-18(6-9-27)26-22-17(12-23)13-25-21-16(3)10-15(2)11-19(21)22/h10-11,13,18H,4-9,14H2,1-3H3,(H,24,28)(H,25,26). The summed E-state index contributed by atoms with van der Waals surface area (Å²) in [6, 6.07) is 6.79. The quantitative estimate of drug-likeness (QED) is 0.806. The first-order chi connectivity index (χ1) is 13.5. The summed E-state index contributed by atoms with van der Waals surface area (Å²) in [5.74, 6) is 0.103. The average molecular weight is 380 g/mol. The lowest BCUT2D eigenvalue weighted by molar-refractivity contribution is -0.122. The molecule has 28 heavy (non-hydrogen) atoms. The van der Waals surface area contributed by atoms with Crippen LogP contribution < -0.4 is 10.6 Å². The van der Waals surface area contributed by atoms with Gasteiger partial charge < -0.3 is 10.6 Å². The Balaban J connectivity index is 1.71. The number of nitrogens with one attached hydrogen (secondary N) is 2. The maximum absolute atomic E-state index is 11.9. The Kier molecular flexibility index (Phi) is 6.48. The summed E-state index contributed by atoms with van der Waals surface area (Å²) in [7, 11) is 0. The lowest BCUT2D eigenvalue weighted by Gasteiger charge is -2.32. The number of hydrogen-bond donors (Lipinski definition) is 2. The molecule has 0 saturated carbocycles. The van der Waals surface area contributed by atoms with Gasteiger partial charge in [0.05, 0.1) is 23.3 Å². The zero-order valence-electron chi connectivity index (χ0n) is 17.0. The van der Waals surface area contributed by atoms with E-state index >= 15 is 0 Å². The van der Waals surface area contributed by atoms with Gasteiger partial charge in [0.15, 0.2) is 0 Å². The molecule has 0 spiro atoms. The minimum atomic E-state index is 0.103. The molecule has 2 N–H and O–H groups in total. The van der Waals surface area contributed by atoms with Gasteiger partial charge in [-0.3, -0.25) is 14.7 Å². The van der Waals surface area contributed by atoms with Gasteiger partial charge in [0.25, 0.3) is 0 Å². The van der Waals surface area contributed by atoms with Gasteiger partial charge in [0, 0.05) is 37.3 Å². The molecule has 0 radical (unpaired) electrons. The summed E-state index contributed by atoms with van der Waals surface area (Å²) in [5.41, 5.74) is 4.70. The number of carbonyl (C=O) groups excluding carboxylic acids is 1. The van der Waals surface area contributed by atoms with Crippen molar-refractivity contribution in [3.8, 4) is 6.07 Å². The van der Waals surface area contributed by atoms with Crippen LogP contribution in [0.25, 0.3) is 10.9 Å². The smallest absolute Gasteiger partial charge is 0.234 e. The molecule has 0 unspecified atom stereocenters. The highest BCUT2D eigenvalue weighted by Crippen LogP contribution is 2.30. The number of carbonyl (C=O) groups is 1. The topological polar surface area (TPSA) is 81.0 Å². The first-order valence-corrected chi connectivity index (χ1v) is 10.1. The van der Waals surface area contributed by atoms with Crippen LogP contribution in [0, 0.1) is 25.2 Å². The van der Waals surface area contributed by atoms with E-state index in [2.05, 4.69) is 59.5 Å². The summed E-state index contributed by atoms with van der Waals surface area (Å²) < 4.78 is 0. The molecule has 6 nitrogen and oxygen atoms in total. The van der Waals surface area contributed by atoms with E-state index in [1.54, 1.807) is 6.20 Å². The molecule has 1 aromatic carbocycles. The predicted molar refractivity (Wildman–Crippen MR) is 112 cm³/mol. The van der Waals surface area contributed by atoms with E-state index in [0.717, 1.165) is 66.6 Å². The van der Waals surface area contributed by atoms with E-state index in [1.807, 2.05) is 0 Å². The van der Waals surface area contributed by atoms with Crippen molar-refractivity contribution in [3.63, 3.8) is 0 Å². The van der Waals surface area contributed by atoms with E-state index < -0.39 is 0 Å². The molecule has 1 aromatic heterocycles. The summed E-state index contributed by atoms with van der Waals surface area (Å²) in [6.45, 7) is 9.13. The fourth-order valence-electron chi connectivity index (χ4n) is 3.86. The highest BCUT2D eigenvalue weighted by molar-refractivity contribution is 5.96. The number of pyridine rings is 1. The number of piperidine rings is 1. The number of fused-ring (bicyclic) bond motifs is 1. The van der Waals surface area contributed by atoms with Gasteiger partial charge in [-0.15, -0.1) is 0 Å². The average Bonchev–Trinajstić information content (AvgIpc) is 2.68. The molecule has 2 heterocycles. The lowest BCUT2D eigenvalue weighted by atomic mass is 10.0. The minimum Gasteiger partial charge on any atom is -0.381 e. The molecule has 1 fully saturated rings. The van der Waals surface area contributed by atoms with Crippen LogP contribution in [-0.2, 0) is 4.79 Å². The Morgan fingerprint density at radius 1 is 1.32 bits per heavy atom. The third-order valence-electron chi connectivity index (χ3n) is 5.30. The maximum Gasteiger partial charge on any atom is 0.234 e. The Bertz CT molecular complexity index is 894. The Labute approximate surface area is 166 Å². The molecule has 6 heteroatoms. The molecule has 1 amide bonds.